The van der Waals surface area contributed by atoms with Gasteiger partial charge in [0.2, 0.25) is 0 Å². The number of hydrogen-bond acceptors (Lipinski definition) is 4. The number of ether oxygens (including phenoxy) is 1. The molecule has 0 aliphatic carbocycles. The van der Waals surface area contributed by atoms with Crippen molar-refractivity contribution < 1.29 is 17.9 Å². The minimum atomic E-state index is -4.66. The van der Waals surface area contributed by atoms with E-state index in [9.17, 15) is 13.2 Å². The van der Waals surface area contributed by atoms with E-state index in [2.05, 4.69) is 20.6 Å². The maximum atomic E-state index is 12.2. The first kappa shape index (κ1) is 19.2. The molecule has 1 heterocycles. The normalized spacial score (nSPS) is 16.1. The molecule has 7 heteroatoms. The summed E-state index contributed by atoms with van der Waals surface area (Å²) in [6.45, 7) is 5.10. The predicted molar refractivity (Wildman–Crippen MR) is 94.8 cm³/mol. The van der Waals surface area contributed by atoms with E-state index in [1.54, 1.807) is 18.2 Å². The Labute approximate surface area is 156 Å². The summed E-state index contributed by atoms with van der Waals surface area (Å²) < 4.78 is 40.5. The van der Waals surface area contributed by atoms with Crippen LogP contribution in [0.25, 0.3) is 0 Å². The fraction of sp³-hybridized carbons (Fsp3) is 0.350. The number of alkyl halides is 3. The lowest BCUT2D eigenvalue weighted by Gasteiger charge is -2.34. The van der Waals surface area contributed by atoms with Gasteiger partial charge in [0.1, 0.15) is 5.75 Å². The highest BCUT2D eigenvalue weighted by Gasteiger charge is 2.31. The fourth-order valence-electron chi connectivity index (χ4n) is 3.16. The summed E-state index contributed by atoms with van der Waals surface area (Å²) in [6.07, 6.45) is -4.66. The Balaban J connectivity index is 1.47. The van der Waals surface area contributed by atoms with Gasteiger partial charge in [0.25, 0.3) is 0 Å². The monoisotopic (exact) mass is 375 g/mol. The topological polar surface area (TPSA) is 39.5 Å². The summed E-state index contributed by atoms with van der Waals surface area (Å²) in [5, 5.41) is 8.98. The van der Waals surface area contributed by atoms with Crippen molar-refractivity contribution in [2.45, 2.75) is 19.5 Å². The quantitative estimate of drug-likeness (QED) is 0.798. The van der Waals surface area contributed by atoms with E-state index in [-0.39, 0.29) is 5.75 Å². The van der Waals surface area contributed by atoms with Gasteiger partial charge in [-0.25, -0.2) is 0 Å². The molecule has 0 saturated carbocycles. The molecular weight excluding hydrogens is 355 g/mol. The molecule has 0 bridgehead atoms. The third-order valence-electron chi connectivity index (χ3n) is 4.49. The van der Waals surface area contributed by atoms with Crippen LogP contribution in [0.4, 0.5) is 13.2 Å². The minimum absolute atomic E-state index is 0.198. The summed E-state index contributed by atoms with van der Waals surface area (Å²) in [5.74, 6) is -0.198. The molecule has 1 saturated heterocycles. The van der Waals surface area contributed by atoms with Crippen molar-refractivity contribution in [1.29, 1.82) is 5.26 Å². The Hall–Kier alpha value is -2.56. The molecule has 0 unspecified atom stereocenters. The first-order chi connectivity index (χ1) is 12.9. The zero-order valence-corrected chi connectivity index (χ0v) is 14.7. The van der Waals surface area contributed by atoms with Crippen molar-refractivity contribution in [3.05, 3.63) is 65.2 Å². The Morgan fingerprint density at radius 1 is 0.889 bits per heavy atom. The number of rotatable bonds is 5. The largest absolute Gasteiger partial charge is 0.573 e. The minimum Gasteiger partial charge on any atom is -0.406 e. The van der Waals surface area contributed by atoms with Crippen LogP contribution in [0.5, 0.6) is 5.75 Å². The molecular formula is C20H20F3N3O. The van der Waals surface area contributed by atoms with Crippen molar-refractivity contribution in [2.75, 3.05) is 26.2 Å². The molecule has 0 aromatic heterocycles. The van der Waals surface area contributed by atoms with Gasteiger partial charge in [0, 0.05) is 39.3 Å². The van der Waals surface area contributed by atoms with Gasteiger partial charge in [-0.15, -0.1) is 13.2 Å². The average molecular weight is 375 g/mol. The van der Waals surface area contributed by atoms with Crippen molar-refractivity contribution in [2.24, 2.45) is 0 Å². The van der Waals surface area contributed by atoms with E-state index in [1.807, 2.05) is 18.2 Å². The molecule has 0 radical (unpaired) electrons. The zero-order chi connectivity index (χ0) is 19.3. The van der Waals surface area contributed by atoms with Crippen LogP contribution in [-0.2, 0) is 13.1 Å². The number of nitriles is 1. The maximum Gasteiger partial charge on any atom is 0.573 e. The summed E-state index contributed by atoms with van der Waals surface area (Å²) in [5.41, 5.74) is 2.76. The molecule has 142 valence electrons. The second-order valence-corrected chi connectivity index (χ2v) is 6.56. The first-order valence-electron chi connectivity index (χ1n) is 8.70. The van der Waals surface area contributed by atoms with Crippen LogP contribution < -0.4 is 4.74 Å². The van der Waals surface area contributed by atoms with Crippen molar-refractivity contribution in [3.63, 3.8) is 0 Å². The van der Waals surface area contributed by atoms with E-state index in [4.69, 9.17) is 5.26 Å². The van der Waals surface area contributed by atoms with Gasteiger partial charge in [-0.2, -0.15) is 5.26 Å². The van der Waals surface area contributed by atoms with Crippen LogP contribution in [0.15, 0.2) is 48.5 Å². The highest BCUT2D eigenvalue weighted by Crippen LogP contribution is 2.23. The molecule has 1 aliphatic heterocycles. The van der Waals surface area contributed by atoms with Crippen LogP contribution in [0, 0.1) is 11.3 Å². The molecule has 27 heavy (non-hydrogen) atoms. The average Bonchev–Trinajstić information content (AvgIpc) is 2.64. The number of hydrogen-bond donors (Lipinski definition) is 0. The molecule has 0 amide bonds. The number of piperazine rings is 1. The Morgan fingerprint density at radius 3 is 2.04 bits per heavy atom. The highest BCUT2D eigenvalue weighted by atomic mass is 19.4. The molecule has 3 rings (SSSR count). The van der Waals surface area contributed by atoms with E-state index in [0.29, 0.717) is 12.1 Å². The lowest BCUT2D eigenvalue weighted by molar-refractivity contribution is -0.274. The van der Waals surface area contributed by atoms with Crippen molar-refractivity contribution in [3.8, 4) is 11.8 Å². The number of benzene rings is 2. The van der Waals surface area contributed by atoms with Crippen LogP contribution in [-0.4, -0.2) is 42.3 Å². The molecule has 2 aromatic rings. The molecule has 1 aliphatic rings. The maximum absolute atomic E-state index is 12.2. The Kier molecular flexibility index (Phi) is 5.99. The van der Waals surface area contributed by atoms with E-state index in [1.165, 1.54) is 12.1 Å². The van der Waals surface area contributed by atoms with Gasteiger partial charge >= 0.3 is 6.36 Å². The summed E-state index contributed by atoms with van der Waals surface area (Å²) in [6, 6.07) is 15.8. The predicted octanol–water partition coefficient (Wildman–Crippen LogP) is 3.77. The zero-order valence-electron chi connectivity index (χ0n) is 14.7. The second-order valence-electron chi connectivity index (χ2n) is 6.56. The SMILES string of the molecule is N#Cc1cccc(CN2CCN(Cc3ccc(OC(F)(F)F)cc3)CC2)c1. The van der Waals surface area contributed by atoms with Gasteiger partial charge in [-0.3, -0.25) is 9.80 Å². The van der Waals surface area contributed by atoms with E-state index < -0.39 is 6.36 Å². The van der Waals surface area contributed by atoms with E-state index >= 15 is 0 Å². The smallest absolute Gasteiger partial charge is 0.406 e. The highest BCUT2D eigenvalue weighted by molar-refractivity contribution is 5.32. The van der Waals surface area contributed by atoms with Gasteiger partial charge in [-0.05, 0) is 35.4 Å². The molecule has 0 N–H and O–H groups in total. The number of nitrogens with zero attached hydrogens (tertiary/aromatic N) is 3. The van der Waals surface area contributed by atoms with Crippen LogP contribution in [0.1, 0.15) is 16.7 Å². The molecule has 0 spiro atoms. The van der Waals surface area contributed by atoms with Crippen molar-refractivity contribution in [1.82, 2.24) is 9.80 Å². The molecule has 1 fully saturated rings. The lowest BCUT2D eigenvalue weighted by Crippen LogP contribution is -2.45. The van der Waals surface area contributed by atoms with Gasteiger partial charge in [0.05, 0.1) is 11.6 Å². The first-order valence-corrected chi connectivity index (χ1v) is 8.70. The van der Waals surface area contributed by atoms with Gasteiger partial charge in [0.15, 0.2) is 0 Å². The van der Waals surface area contributed by atoms with Gasteiger partial charge < -0.3 is 4.74 Å². The summed E-state index contributed by atoms with van der Waals surface area (Å²) in [7, 11) is 0. The molecule has 2 aromatic carbocycles. The lowest BCUT2D eigenvalue weighted by atomic mass is 10.1. The summed E-state index contributed by atoms with van der Waals surface area (Å²) in [4.78, 5) is 4.62. The second kappa shape index (κ2) is 8.42. The fourth-order valence-corrected chi connectivity index (χ4v) is 3.16. The third-order valence-corrected chi connectivity index (χ3v) is 4.49. The van der Waals surface area contributed by atoms with Crippen LogP contribution >= 0.6 is 0 Å². The standard InChI is InChI=1S/C20H20F3N3O/c21-20(22,23)27-19-6-4-16(5-7-19)14-25-8-10-26(11-9-25)15-18-3-1-2-17(12-18)13-24/h1-7,12H,8-11,14-15H2. The summed E-state index contributed by atoms with van der Waals surface area (Å²) >= 11 is 0. The Bertz CT molecular complexity index is 791. The Morgan fingerprint density at radius 2 is 1.48 bits per heavy atom. The van der Waals surface area contributed by atoms with Crippen LogP contribution in [0.3, 0.4) is 0 Å². The number of halogens is 3. The molecule has 4 nitrogen and oxygen atoms in total. The van der Waals surface area contributed by atoms with Crippen LogP contribution in [0.2, 0.25) is 0 Å². The van der Waals surface area contributed by atoms with E-state index in [0.717, 1.165) is 43.9 Å². The molecule has 0 atom stereocenters. The third kappa shape index (κ3) is 5.98. The van der Waals surface area contributed by atoms with Crippen molar-refractivity contribution >= 4 is 0 Å². The van der Waals surface area contributed by atoms with Gasteiger partial charge in [-0.1, -0.05) is 24.3 Å².